The maximum Gasteiger partial charge on any atom is 0.328 e. The van der Waals surface area contributed by atoms with Crippen LogP contribution in [0.4, 0.5) is 0 Å². The number of hydrogen-bond acceptors (Lipinski definition) is 3. The first-order chi connectivity index (χ1) is 10.0. The third-order valence-corrected chi connectivity index (χ3v) is 4.29. The van der Waals surface area contributed by atoms with Crippen molar-refractivity contribution in [3.63, 3.8) is 0 Å². The Balaban J connectivity index is 2.24. The Kier molecular flexibility index (Phi) is 5.65. The Hall–Kier alpha value is -1.07. The zero-order valence-electron chi connectivity index (χ0n) is 11.8. The predicted molar refractivity (Wildman–Crippen MR) is 84.5 cm³/mol. The van der Waals surface area contributed by atoms with Gasteiger partial charge in [0.25, 0.3) is 5.91 Å². The molecule has 1 aliphatic rings. The number of carbonyl (C=O) groups excluding carboxylic acids is 2. The first-order valence-corrected chi connectivity index (χ1v) is 8.14. The van der Waals surface area contributed by atoms with E-state index in [1.54, 1.807) is 30.0 Å². The standard InChI is InChI=1S/C15H17BrClNO3/c1-2-21-15(20)13-5-3-4-8-18(13)14(19)11-7-6-10(16)9-12(11)17/h6-7,9,13H,2-5,8H2,1H3. The molecule has 1 heterocycles. The van der Waals surface area contributed by atoms with Crippen molar-refractivity contribution in [3.05, 3.63) is 33.3 Å². The van der Waals surface area contributed by atoms with Gasteiger partial charge in [-0.05, 0) is 44.4 Å². The number of piperidine rings is 1. The van der Waals surface area contributed by atoms with Crippen LogP contribution in [0.25, 0.3) is 0 Å². The molecule has 0 saturated carbocycles. The van der Waals surface area contributed by atoms with E-state index < -0.39 is 6.04 Å². The minimum absolute atomic E-state index is 0.217. The summed E-state index contributed by atoms with van der Waals surface area (Å²) in [6.45, 7) is 2.63. The van der Waals surface area contributed by atoms with Crippen LogP contribution in [0.2, 0.25) is 5.02 Å². The third kappa shape index (κ3) is 3.77. The van der Waals surface area contributed by atoms with Crippen LogP contribution in [-0.2, 0) is 9.53 Å². The van der Waals surface area contributed by atoms with E-state index in [4.69, 9.17) is 16.3 Å². The lowest BCUT2D eigenvalue weighted by Gasteiger charge is -2.34. The number of amides is 1. The summed E-state index contributed by atoms with van der Waals surface area (Å²) < 4.78 is 5.88. The van der Waals surface area contributed by atoms with E-state index in [-0.39, 0.29) is 11.9 Å². The van der Waals surface area contributed by atoms with Gasteiger partial charge < -0.3 is 9.64 Å². The van der Waals surface area contributed by atoms with E-state index in [1.807, 2.05) is 0 Å². The molecule has 0 N–H and O–H groups in total. The Bertz CT molecular complexity index is 550. The Morgan fingerprint density at radius 2 is 2.19 bits per heavy atom. The molecule has 0 spiro atoms. The Morgan fingerprint density at radius 1 is 1.43 bits per heavy atom. The lowest BCUT2D eigenvalue weighted by molar-refractivity contribution is -0.149. The highest BCUT2D eigenvalue weighted by Crippen LogP contribution is 2.26. The quantitative estimate of drug-likeness (QED) is 0.759. The minimum Gasteiger partial charge on any atom is -0.464 e. The lowest BCUT2D eigenvalue weighted by atomic mass is 10.0. The van der Waals surface area contributed by atoms with Gasteiger partial charge in [0.15, 0.2) is 0 Å². The van der Waals surface area contributed by atoms with Gasteiger partial charge in [-0.3, -0.25) is 4.79 Å². The number of carbonyl (C=O) groups is 2. The first-order valence-electron chi connectivity index (χ1n) is 6.97. The summed E-state index contributed by atoms with van der Waals surface area (Å²) in [7, 11) is 0. The number of nitrogens with zero attached hydrogens (tertiary/aromatic N) is 1. The number of hydrogen-bond donors (Lipinski definition) is 0. The van der Waals surface area contributed by atoms with Crippen molar-refractivity contribution in [3.8, 4) is 0 Å². The van der Waals surface area contributed by atoms with Crippen molar-refractivity contribution in [2.75, 3.05) is 13.2 Å². The number of halogens is 2. The van der Waals surface area contributed by atoms with Crippen LogP contribution in [0, 0.1) is 0 Å². The average molecular weight is 375 g/mol. The van der Waals surface area contributed by atoms with Gasteiger partial charge in [0.05, 0.1) is 17.2 Å². The minimum atomic E-state index is -0.508. The van der Waals surface area contributed by atoms with Gasteiger partial charge in [-0.2, -0.15) is 0 Å². The van der Waals surface area contributed by atoms with Gasteiger partial charge in [-0.15, -0.1) is 0 Å². The molecule has 1 atom stereocenters. The summed E-state index contributed by atoms with van der Waals surface area (Å²) in [5.74, 6) is -0.552. The van der Waals surface area contributed by atoms with Crippen LogP contribution in [0.15, 0.2) is 22.7 Å². The molecule has 114 valence electrons. The van der Waals surface area contributed by atoms with Crippen LogP contribution in [-0.4, -0.2) is 36.0 Å². The summed E-state index contributed by atoms with van der Waals surface area (Å²) in [5, 5.41) is 0.377. The van der Waals surface area contributed by atoms with Gasteiger partial charge in [-0.1, -0.05) is 27.5 Å². The molecule has 0 aromatic heterocycles. The summed E-state index contributed by atoms with van der Waals surface area (Å²) in [5.41, 5.74) is 0.413. The fourth-order valence-electron chi connectivity index (χ4n) is 2.48. The molecule has 1 amide bonds. The summed E-state index contributed by atoms with van der Waals surface area (Å²) in [4.78, 5) is 26.3. The highest BCUT2D eigenvalue weighted by Gasteiger charge is 2.34. The van der Waals surface area contributed by atoms with Crippen molar-refractivity contribution in [1.82, 2.24) is 4.90 Å². The van der Waals surface area contributed by atoms with E-state index in [9.17, 15) is 9.59 Å². The third-order valence-electron chi connectivity index (χ3n) is 3.48. The van der Waals surface area contributed by atoms with E-state index in [2.05, 4.69) is 15.9 Å². The van der Waals surface area contributed by atoms with Crippen LogP contribution in [0.5, 0.6) is 0 Å². The smallest absolute Gasteiger partial charge is 0.328 e. The van der Waals surface area contributed by atoms with Crippen LogP contribution in [0.3, 0.4) is 0 Å². The molecule has 4 nitrogen and oxygen atoms in total. The van der Waals surface area contributed by atoms with Crippen molar-refractivity contribution in [1.29, 1.82) is 0 Å². The molecule has 6 heteroatoms. The number of esters is 1. The number of rotatable bonds is 3. The number of benzene rings is 1. The molecule has 21 heavy (non-hydrogen) atoms. The van der Waals surface area contributed by atoms with Gasteiger partial charge in [0.2, 0.25) is 0 Å². The highest BCUT2D eigenvalue weighted by molar-refractivity contribution is 9.10. The highest BCUT2D eigenvalue weighted by atomic mass is 79.9. The number of ether oxygens (including phenoxy) is 1. The largest absolute Gasteiger partial charge is 0.464 e. The molecule has 0 bridgehead atoms. The summed E-state index contributed by atoms with van der Waals surface area (Å²) in [6.07, 6.45) is 2.44. The molecule has 1 aromatic rings. The van der Waals surface area contributed by atoms with E-state index in [1.165, 1.54) is 0 Å². The fraction of sp³-hybridized carbons (Fsp3) is 0.467. The monoisotopic (exact) mass is 373 g/mol. The SMILES string of the molecule is CCOC(=O)C1CCCCN1C(=O)c1ccc(Br)cc1Cl. The van der Waals surface area contributed by atoms with E-state index >= 15 is 0 Å². The second-order valence-electron chi connectivity index (χ2n) is 4.89. The van der Waals surface area contributed by atoms with Crippen molar-refractivity contribution in [2.45, 2.75) is 32.2 Å². The topological polar surface area (TPSA) is 46.6 Å². The van der Waals surface area contributed by atoms with Gasteiger partial charge in [-0.25, -0.2) is 4.79 Å². The molecule has 0 radical (unpaired) electrons. The zero-order chi connectivity index (χ0) is 15.4. The van der Waals surface area contributed by atoms with E-state index in [0.717, 1.165) is 17.3 Å². The summed E-state index contributed by atoms with van der Waals surface area (Å²) in [6, 6.07) is 4.61. The Labute approximate surface area is 137 Å². The molecule has 1 saturated heterocycles. The van der Waals surface area contributed by atoms with Gasteiger partial charge >= 0.3 is 5.97 Å². The average Bonchev–Trinajstić information content (AvgIpc) is 2.47. The van der Waals surface area contributed by atoms with E-state index in [0.29, 0.717) is 30.2 Å². The van der Waals surface area contributed by atoms with Crippen LogP contribution >= 0.6 is 27.5 Å². The fourth-order valence-corrected chi connectivity index (χ4v) is 3.23. The Morgan fingerprint density at radius 3 is 2.86 bits per heavy atom. The molecule has 1 fully saturated rings. The maximum absolute atomic E-state index is 12.7. The maximum atomic E-state index is 12.7. The second kappa shape index (κ2) is 7.27. The zero-order valence-corrected chi connectivity index (χ0v) is 14.1. The normalized spacial score (nSPS) is 18.4. The van der Waals surface area contributed by atoms with Gasteiger partial charge in [0, 0.05) is 11.0 Å². The van der Waals surface area contributed by atoms with Crippen molar-refractivity contribution < 1.29 is 14.3 Å². The lowest BCUT2D eigenvalue weighted by Crippen LogP contribution is -2.48. The second-order valence-corrected chi connectivity index (χ2v) is 6.21. The first kappa shape index (κ1) is 16.3. The molecule has 2 rings (SSSR count). The molecule has 1 unspecified atom stereocenters. The molecule has 1 aromatic carbocycles. The molecule has 0 aliphatic carbocycles. The van der Waals surface area contributed by atoms with Gasteiger partial charge in [0.1, 0.15) is 6.04 Å². The molecular weight excluding hydrogens is 358 g/mol. The van der Waals surface area contributed by atoms with Crippen molar-refractivity contribution in [2.24, 2.45) is 0 Å². The predicted octanol–water partition coefficient (Wildman–Crippen LogP) is 3.66. The molecule has 1 aliphatic heterocycles. The van der Waals surface area contributed by atoms with Crippen LogP contribution in [0.1, 0.15) is 36.5 Å². The summed E-state index contributed by atoms with van der Waals surface area (Å²) >= 11 is 9.45. The van der Waals surface area contributed by atoms with Crippen molar-refractivity contribution >= 4 is 39.4 Å². The number of likely N-dealkylation sites (tertiary alicyclic amines) is 1. The van der Waals surface area contributed by atoms with Crippen LogP contribution < -0.4 is 0 Å². The molecular formula is C15H17BrClNO3.